The van der Waals surface area contributed by atoms with Crippen LogP contribution in [0.15, 0.2) is 30.3 Å². The van der Waals surface area contributed by atoms with Crippen LogP contribution in [0.1, 0.15) is 35.2 Å². The minimum Gasteiger partial charge on any atom is -0.306 e. The fourth-order valence-electron chi connectivity index (χ4n) is 2.47. The van der Waals surface area contributed by atoms with Crippen molar-refractivity contribution in [3.63, 3.8) is 0 Å². The molecule has 1 atom stereocenters. The second-order valence-corrected chi connectivity index (χ2v) is 6.31. The standard InChI is InChI=1S/C17H18Cl3N/c1-4-21-17(16-13(18)6-5-7-14(16)19)12-8-11(3)15(20)9-10(12)2/h5-9,17,21H,4H2,1-3H3. The molecule has 0 aromatic heterocycles. The lowest BCUT2D eigenvalue weighted by atomic mass is 9.93. The van der Waals surface area contributed by atoms with Gasteiger partial charge in [-0.1, -0.05) is 53.9 Å². The van der Waals surface area contributed by atoms with Crippen LogP contribution in [0.2, 0.25) is 15.1 Å². The fourth-order valence-corrected chi connectivity index (χ4v) is 3.31. The Morgan fingerprint density at radius 2 is 1.57 bits per heavy atom. The quantitative estimate of drug-likeness (QED) is 0.722. The molecule has 0 aliphatic carbocycles. The van der Waals surface area contributed by atoms with Gasteiger partial charge in [-0.3, -0.25) is 0 Å². The van der Waals surface area contributed by atoms with Crippen LogP contribution in [0.5, 0.6) is 0 Å². The lowest BCUT2D eigenvalue weighted by Gasteiger charge is -2.24. The lowest BCUT2D eigenvalue weighted by Crippen LogP contribution is -2.23. The molecule has 1 unspecified atom stereocenters. The summed E-state index contributed by atoms with van der Waals surface area (Å²) in [7, 11) is 0. The van der Waals surface area contributed by atoms with Crippen LogP contribution in [-0.4, -0.2) is 6.54 Å². The Balaban J connectivity index is 2.62. The van der Waals surface area contributed by atoms with Crippen LogP contribution in [0, 0.1) is 13.8 Å². The van der Waals surface area contributed by atoms with Crippen LogP contribution in [-0.2, 0) is 0 Å². The fraction of sp³-hybridized carbons (Fsp3) is 0.294. The molecule has 0 amide bonds. The van der Waals surface area contributed by atoms with Crippen molar-refractivity contribution in [3.05, 3.63) is 67.7 Å². The maximum atomic E-state index is 6.38. The number of benzene rings is 2. The normalized spacial score (nSPS) is 12.5. The summed E-state index contributed by atoms with van der Waals surface area (Å²) in [6.07, 6.45) is 0. The van der Waals surface area contributed by atoms with Gasteiger partial charge in [-0.25, -0.2) is 0 Å². The van der Waals surface area contributed by atoms with E-state index in [1.54, 1.807) is 0 Å². The van der Waals surface area contributed by atoms with E-state index in [1.807, 2.05) is 31.2 Å². The molecule has 0 bridgehead atoms. The Morgan fingerprint density at radius 1 is 0.952 bits per heavy atom. The summed E-state index contributed by atoms with van der Waals surface area (Å²) in [5.74, 6) is 0. The summed E-state index contributed by atoms with van der Waals surface area (Å²) < 4.78 is 0. The molecular weight excluding hydrogens is 325 g/mol. The Kier molecular flexibility index (Phi) is 5.56. The van der Waals surface area contributed by atoms with Gasteiger partial charge in [0.15, 0.2) is 0 Å². The van der Waals surface area contributed by atoms with Crippen molar-refractivity contribution in [2.75, 3.05) is 6.54 Å². The van der Waals surface area contributed by atoms with Gasteiger partial charge in [0, 0.05) is 20.6 Å². The number of nitrogens with one attached hydrogen (secondary N) is 1. The summed E-state index contributed by atoms with van der Waals surface area (Å²) in [5, 5.41) is 5.58. The number of halogens is 3. The molecule has 0 fully saturated rings. The van der Waals surface area contributed by atoms with E-state index in [-0.39, 0.29) is 6.04 Å². The lowest BCUT2D eigenvalue weighted by molar-refractivity contribution is 0.627. The van der Waals surface area contributed by atoms with Crippen molar-refractivity contribution in [2.45, 2.75) is 26.8 Å². The molecule has 0 saturated carbocycles. The Hall–Kier alpha value is -0.730. The number of hydrogen-bond acceptors (Lipinski definition) is 1. The second-order valence-electron chi connectivity index (χ2n) is 5.08. The molecule has 2 aromatic rings. The largest absolute Gasteiger partial charge is 0.306 e. The Bertz CT molecular complexity index is 632. The highest BCUT2D eigenvalue weighted by atomic mass is 35.5. The summed E-state index contributed by atoms with van der Waals surface area (Å²) in [6.45, 7) is 6.93. The Morgan fingerprint density at radius 3 is 2.14 bits per heavy atom. The first-order chi connectivity index (χ1) is 9.95. The van der Waals surface area contributed by atoms with Crippen LogP contribution < -0.4 is 5.32 Å². The van der Waals surface area contributed by atoms with Crippen molar-refractivity contribution >= 4 is 34.8 Å². The van der Waals surface area contributed by atoms with E-state index < -0.39 is 0 Å². The predicted octanol–water partition coefficient (Wildman–Crippen LogP) is 5.96. The van der Waals surface area contributed by atoms with E-state index in [0.717, 1.165) is 33.8 Å². The van der Waals surface area contributed by atoms with Crippen LogP contribution >= 0.6 is 34.8 Å². The molecule has 0 aliphatic heterocycles. The smallest absolute Gasteiger partial charge is 0.0609 e. The molecule has 2 rings (SSSR count). The number of aryl methyl sites for hydroxylation is 2. The van der Waals surface area contributed by atoms with Gasteiger partial charge in [0.2, 0.25) is 0 Å². The molecule has 2 aromatic carbocycles. The molecule has 0 saturated heterocycles. The zero-order chi connectivity index (χ0) is 15.6. The van der Waals surface area contributed by atoms with Gasteiger partial charge in [0.1, 0.15) is 0 Å². The molecule has 0 heterocycles. The maximum absolute atomic E-state index is 6.38. The molecular formula is C17H18Cl3N. The zero-order valence-corrected chi connectivity index (χ0v) is 14.6. The van der Waals surface area contributed by atoms with Crippen LogP contribution in [0.4, 0.5) is 0 Å². The molecule has 1 N–H and O–H groups in total. The molecule has 1 nitrogen and oxygen atoms in total. The first-order valence-electron chi connectivity index (χ1n) is 6.89. The number of hydrogen-bond donors (Lipinski definition) is 1. The van der Waals surface area contributed by atoms with Crippen molar-refractivity contribution in [1.29, 1.82) is 0 Å². The molecule has 0 aliphatic rings. The van der Waals surface area contributed by atoms with Crippen LogP contribution in [0.3, 0.4) is 0 Å². The second kappa shape index (κ2) is 7.02. The Labute approximate surface area is 141 Å². The highest BCUT2D eigenvalue weighted by Gasteiger charge is 2.21. The average Bonchev–Trinajstić information content (AvgIpc) is 2.42. The SMILES string of the molecule is CCNC(c1cc(C)c(Cl)cc1C)c1c(Cl)cccc1Cl. The van der Waals surface area contributed by atoms with Gasteiger partial charge in [-0.05, 0) is 55.3 Å². The zero-order valence-electron chi connectivity index (χ0n) is 12.3. The van der Waals surface area contributed by atoms with Gasteiger partial charge in [-0.15, -0.1) is 0 Å². The third kappa shape index (κ3) is 3.54. The van der Waals surface area contributed by atoms with Crippen molar-refractivity contribution < 1.29 is 0 Å². The van der Waals surface area contributed by atoms with Gasteiger partial charge in [0.25, 0.3) is 0 Å². The monoisotopic (exact) mass is 341 g/mol. The van der Waals surface area contributed by atoms with E-state index in [9.17, 15) is 0 Å². The van der Waals surface area contributed by atoms with Crippen molar-refractivity contribution in [3.8, 4) is 0 Å². The van der Waals surface area contributed by atoms with E-state index in [0.29, 0.717) is 10.0 Å². The summed E-state index contributed by atoms with van der Waals surface area (Å²) in [5.41, 5.74) is 4.22. The topological polar surface area (TPSA) is 12.0 Å². The number of rotatable bonds is 4. The minimum atomic E-state index is -0.0489. The van der Waals surface area contributed by atoms with Gasteiger partial charge in [0.05, 0.1) is 6.04 Å². The van der Waals surface area contributed by atoms with Crippen molar-refractivity contribution in [1.82, 2.24) is 5.32 Å². The summed E-state index contributed by atoms with van der Waals surface area (Å²) in [4.78, 5) is 0. The molecule has 0 spiro atoms. The third-order valence-electron chi connectivity index (χ3n) is 3.55. The predicted molar refractivity (Wildman–Crippen MR) is 92.9 cm³/mol. The molecule has 112 valence electrons. The molecule has 0 radical (unpaired) electrons. The van der Waals surface area contributed by atoms with E-state index >= 15 is 0 Å². The molecule has 4 heteroatoms. The average molecular weight is 343 g/mol. The first kappa shape index (κ1) is 16.6. The first-order valence-corrected chi connectivity index (χ1v) is 8.03. The van der Waals surface area contributed by atoms with E-state index in [2.05, 4.69) is 25.2 Å². The maximum Gasteiger partial charge on any atom is 0.0609 e. The summed E-state index contributed by atoms with van der Waals surface area (Å²) in [6, 6.07) is 9.63. The third-order valence-corrected chi connectivity index (χ3v) is 4.62. The summed E-state index contributed by atoms with van der Waals surface area (Å²) >= 11 is 19.0. The highest BCUT2D eigenvalue weighted by Crippen LogP contribution is 2.36. The molecule has 21 heavy (non-hydrogen) atoms. The van der Waals surface area contributed by atoms with Crippen molar-refractivity contribution in [2.24, 2.45) is 0 Å². The minimum absolute atomic E-state index is 0.0489. The van der Waals surface area contributed by atoms with Crippen LogP contribution in [0.25, 0.3) is 0 Å². The van der Waals surface area contributed by atoms with Gasteiger partial charge >= 0.3 is 0 Å². The van der Waals surface area contributed by atoms with Gasteiger partial charge in [-0.2, -0.15) is 0 Å². The van der Waals surface area contributed by atoms with Gasteiger partial charge < -0.3 is 5.32 Å². The van der Waals surface area contributed by atoms with E-state index in [4.69, 9.17) is 34.8 Å². The highest BCUT2D eigenvalue weighted by molar-refractivity contribution is 6.36. The van der Waals surface area contributed by atoms with E-state index in [1.165, 1.54) is 0 Å².